The third kappa shape index (κ3) is 17.8. The molecule has 0 saturated carbocycles. The van der Waals surface area contributed by atoms with Crippen molar-refractivity contribution in [3.05, 3.63) is 269 Å². The molecule has 0 spiro atoms. The molecule has 0 aromatic heterocycles. The lowest BCUT2D eigenvalue weighted by Crippen LogP contribution is -2.29. The number of halogens is 3. The molecule has 0 amide bonds. The summed E-state index contributed by atoms with van der Waals surface area (Å²) in [6.07, 6.45) is 6.36. The number of phenols is 3. The summed E-state index contributed by atoms with van der Waals surface area (Å²) < 4.78 is 55.2. The monoisotopic (exact) mass is 1380 g/mol. The second kappa shape index (κ2) is 34.2. The van der Waals surface area contributed by atoms with Crippen LogP contribution >= 0.6 is 36.7 Å². The molecular weight excluding hydrogens is 1300 g/mol. The summed E-state index contributed by atoms with van der Waals surface area (Å²) in [6.45, 7) is 0. The van der Waals surface area contributed by atoms with Crippen LogP contribution in [0.5, 0.6) is 34.5 Å². The number of para-hydroxylation sites is 3. The van der Waals surface area contributed by atoms with E-state index >= 15 is 0 Å². The zero-order valence-corrected chi connectivity index (χ0v) is 57.1. The van der Waals surface area contributed by atoms with E-state index in [0.29, 0.717) is 56.6 Å². The Morgan fingerprint density at radius 3 is 0.980 bits per heavy atom. The van der Waals surface area contributed by atoms with Crippen LogP contribution in [0.15, 0.2) is 218 Å². The molecule has 0 aliphatic carbocycles. The van der Waals surface area contributed by atoms with Gasteiger partial charge < -0.3 is 70.4 Å². The van der Waals surface area contributed by atoms with Gasteiger partial charge in [0.2, 0.25) is 0 Å². The Balaban J connectivity index is 0.000000159. The highest BCUT2D eigenvalue weighted by Gasteiger charge is 2.43. The number of hydrogen-bond donors (Lipinski definition) is 8. The maximum Gasteiger partial charge on any atom is 0.174 e. The van der Waals surface area contributed by atoms with Crippen molar-refractivity contribution in [3.63, 3.8) is 0 Å². The number of hydrogen-bond acceptors (Lipinski definition) is 11. The van der Waals surface area contributed by atoms with E-state index in [9.17, 15) is 38.7 Å². The molecule has 0 bridgehead atoms. The molecule has 8 N–H and O–H groups in total. The average molecular weight is 1380 g/mol. The molecule has 9 aromatic rings. The standard InChI is InChI=1S/2C26H27FN2O3S.C26H27FN2O2S/c2*1-32-20-14-15-21(24(31)16-20)25-22(28-26(33)29(25)19-6-3-2-4-7-19)8-5-9-23(30)17-10-12-18(27)13-11-17;1-31-21-15-16-22(24(30)17-21)25-23(10-6-5-7-18-11-13-19(27)14-12-18)28-26(32)29(25)20-8-3-2-4-9-20/h2*2-4,6-7,10-16,22-23,25,30-31H,5,8-9H2,1H3,(H,28,33);2-4,8-9,11-17,23,25,30H,5-7,10H2,1H3,(H,28,32)/t22-,23?,25-;22-,23-,25-;23-,25-/m111/s1. The van der Waals surface area contributed by atoms with Gasteiger partial charge in [0.1, 0.15) is 51.9 Å². The summed E-state index contributed by atoms with van der Waals surface area (Å²) in [5, 5.41) is 65.5. The van der Waals surface area contributed by atoms with E-state index < -0.39 is 12.2 Å². The number of phenolic OH excluding ortho intramolecular Hbond substituents is 3. The zero-order chi connectivity index (χ0) is 69.2. The van der Waals surface area contributed by atoms with E-state index in [0.717, 1.165) is 90.7 Å². The molecule has 12 rings (SSSR count). The minimum Gasteiger partial charge on any atom is -0.507 e. The number of unbranched alkanes of at least 4 members (excludes halogenated alkanes) is 1. The molecular formula is C78H81F3N6O8S3. The van der Waals surface area contributed by atoms with Crippen molar-refractivity contribution in [2.24, 2.45) is 0 Å². The number of methoxy groups -OCH3 is 3. The number of aryl methyl sites for hydroxylation is 1. The van der Waals surface area contributed by atoms with Crippen molar-refractivity contribution in [1.29, 1.82) is 0 Å². The number of anilines is 3. The predicted molar refractivity (Wildman–Crippen MR) is 392 cm³/mol. The maximum absolute atomic E-state index is 13.2. The number of aromatic hydroxyl groups is 3. The first-order valence-corrected chi connectivity index (χ1v) is 33.9. The summed E-state index contributed by atoms with van der Waals surface area (Å²) in [5.41, 5.74) is 7.68. The fraction of sp³-hybridized carbons (Fsp3) is 0.269. The highest BCUT2D eigenvalue weighted by atomic mass is 32.1. The molecule has 3 saturated heterocycles. The van der Waals surface area contributed by atoms with Crippen LogP contribution in [0.4, 0.5) is 30.2 Å². The number of benzene rings is 9. The summed E-state index contributed by atoms with van der Waals surface area (Å²) in [4.78, 5) is 6.14. The van der Waals surface area contributed by atoms with Gasteiger partial charge in [0, 0.05) is 52.0 Å². The van der Waals surface area contributed by atoms with Crippen molar-refractivity contribution in [2.75, 3.05) is 36.0 Å². The van der Waals surface area contributed by atoms with E-state index in [4.69, 9.17) is 50.9 Å². The number of nitrogens with one attached hydrogen (secondary N) is 3. The minimum absolute atomic E-state index is 0.0511. The number of nitrogens with zero attached hydrogens (tertiary/aromatic N) is 3. The number of thiocarbonyl (C=S) groups is 3. The summed E-state index contributed by atoms with van der Waals surface area (Å²) in [7, 11) is 4.71. The fourth-order valence-corrected chi connectivity index (χ4v) is 14.1. The van der Waals surface area contributed by atoms with Gasteiger partial charge >= 0.3 is 0 Å². The zero-order valence-electron chi connectivity index (χ0n) is 54.6. The average Bonchev–Trinajstić information content (AvgIpc) is 1.61. The van der Waals surface area contributed by atoms with Crippen LogP contribution in [0.2, 0.25) is 0 Å². The van der Waals surface area contributed by atoms with Gasteiger partial charge in [0.15, 0.2) is 15.3 Å². The topological polar surface area (TPSA) is 175 Å². The Morgan fingerprint density at radius 1 is 0.388 bits per heavy atom. The molecule has 98 heavy (non-hydrogen) atoms. The smallest absolute Gasteiger partial charge is 0.174 e. The summed E-state index contributed by atoms with van der Waals surface area (Å²) in [5.74, 6) is 1.40. The van der Waals surface area contributed by atoms with Gasteiger partial charge in [-0.3, -0.25) is 0 Å². The molecule has 0 radical (unpaired) electrons. The van der Waals surface area contributed by atoms with Gasteiger partial charge in [-0.15, -0.1) is 0 Å². The predicted octanol–water partition coefficient (Wildman–Crippen LogP) is 16.3. The molecule has 1 unspecified atom stereocenters. The van der Waals surface area contributed by atoms with Crippen molar-refractivity contribution in [2.45, 2.75) is 113 Å². The third-order valence-electron chi connectivity index (χ3n) is 18.0. The third-order valence-corrected chi connectivity index (χ3v) is 18.9. The van der Waals surface area contributed by atoms with Crippen LogP contribution in [0.25, 0.3) is 0 Å². The molecule has 3 aliphatic rings. The van der Waals surface area contributed by atoms with Gasteiger partial charge in [0.05, 0.1) is 69.8 Å². The highest BCUT2D eigenvalue weighted by molar-refractivity contribution is 7.81. The molecule has 3 aliphatic heterocycles. The largest absolute Gasteiger partial charge is 0.507 e. The molecule has 510 valence electrons. The van der Waals surface area contributed by atoms with Crippen LogP contribution in [-0.2, 0) is 6.42 Å². The van der Waals surface area contributed by atoms with E-state index in [1.807, 2.05) is 149 Å². The second-order valence-electron chi connectivity index (χ2n) is 24.3. The lowest BCUT2D eigenvalue weighted by molar-refractivity contribution is 0.161. The molecule has 9 aromatic carbocycles. The van der Waals surface area contributed by atoms with Gasteiger partial charge in [-0.2, -0.15) is 0 Å². The van der Waals surface area contributed by atoms with Crippen LogP contribution in [0.1, 0.15) is 122 Å². The highest BCUT2D eigenvalue weighted by Crippen LogP contribution is 2.45. The Morgan fingerprint density at radius 2 is 0.684 bits per heavy atom. The van der Waals surface area contributed by atoms with Crippen LogP contribution in [0.3, 0.4) is 0 Å². The Kier molecular flexibility index (Phi) is 24.9. The van der Waals surface area contributed by atoms with Crippen LogP contribution < -0.4 is 44.9 Å². The first-order valence-electron chi connectivity index (χ1n) is 32.7. The van der Waals surface area contributed by atoms with Gasteiger partial charge in [-0.05, 0) is 220 Å². The first kappa shape index (κ1) is 71.3. The van der Waals surface area contributed by atoms with E-state index in [2.05, 4.69) is 20.9 Å². The number of ether oxygens (including phenoxy) is 3. The van der Waals surface area contributed by atoms with Crippen molar-refractivity contribution < 1.29 is 52.9 Å². The molecule has 3 heterocycles. The van der Waals surface area contributed by atoms with Crippen molar-refractivity contribution >= 4 is 69.1 Å². The lowest BCUT2D eigenvalue weighted by Gasteiger charge is -2.29. The summed E-state index contributed by atoms with van der Waals surface area (Å²) in [6, 6.07) is 63.6. The van der Waals surface area contributed by atoms with Gasteiger partial charge in [-0.25, -0.2) is 13.2 Å². The van der Waals surface area contributed by atoms with E-state index in [-0.39, 0.29) is 71.0 Å². The van der Waals surface area contributed by atoms with E-state index in [1.165, 1.54) is 36.4 Å². The molecule has 20 heteroatoms. The van der Waals surface area contributed by atoms with Crippen molar-refractivity contribution in [3.8, 4) is 34.5 Å². The Bertz CT molecular complexity index is 3900. The molecule has 14 nitrogen and oxygen atoms in total. The fourth-order valence-electron chi connectivity index (χ4n) is 13.0. The summed E-state index contributed by atoms with van der Waals surface area (Å²) >= 11 is 17.1. The quantitative estimate of drug-likeness (QED) is 0.0212. The number of aliphatic hydroxyl groups is 2. The molecule has 8 atom stereocenters. The van der Waals surface area contributed by atoms with Crippen LogP contribution in [0, 0.1) is 17.5 Å². The Labute approximate surface area is 586 Å². The Hall–Kier alpha value is -9.44. The second-order valence-corrected chi connectivity index (χ2v) is 25.4. The minimum atomic E-state index is -0.669. The SMILES string of the molecule is COc1ccc([C@@H]2[C@@H](CCCC(O)c3ccc(F)cc3)NC(=S)N2c2ccccc2)c(O)c1.COc1ccc([C@@H]2[C@@H](CCCCc3ccc(F)cc3)NC(=S)N2c2ccccc2)c(O)c1.COc1ccc([C@@H]2[C@@H](CCC[C@@H](O)c3ccc(F)cc3)NC(=S)N2c2ccccc2)c(O)c1. The maximum atomic E-state index is 13.2. The number of aliphatic hydroxyl groups excluding tert-OH is 2. The van der Waals surface area contributed by atoms with E-state index in [1.54, 1.807) is 63.8 Å². The van der Waals surface area contributed by atoms with Crippen LogP contribution in [-0.4, -0.2) is 80.3 Å². The van der Waals surface area contributed by atoms with Gasteiger partial charge in [0.25, 0.3) is 0 Å². The number of rotatable bonds is 24. The van der Waals surface area contributed by atoms with Crippen molar-refractivity contribution in [1.82, 2.24) is 16.0 Å². The first-order chi connectivity index (χ1) is 47.5. The normalized spacial score (nSPS) is 18.5. The van der Waals surface area contributed by atoms with Gasteiger partial charge in [-0.1, -0.05) is 97.4 Å². The molecule has 3 fully saturated rings. The lowest BCUT2D eigenvalue weighted by atomic mass is 9.93.